The highest BCUT2D eigenvalue weighted by Crippen LogP contribution is 2.02. The van der Waals surface area contributed by atoms with Crippen molar-refractivity contribution in [2.24, 2.45) is 0 Å². The fourth-order valence-electron chi connectivity index (χ4n) is 0.613. The Morgan fingerprint density at radius 1 is 0.455 bits per heavy atom. The lowest BCUT2D eigenvalue weighted by molar-refractivity contribution is -0.903. The summed E-state index contributed by atoms with van der Waals surface area (Å²) in [5, 5.41) is 105. The zero-order chi connectivity index (χ0) is 23.5. The Morgan fingerprint density at radius 3 is 1.03 bits per heavy atom. The van der Waals surface area contributed by atoms with Crippen molar-refractivity contribution in [1.29, 1.82) is 0 Å². The SMILES string of the molecule is OOOOOOOOOOOOOOOOOOOOOOOOOOOOc1ccn[nH]1. The van der Waals surface area contributed by atoms with E-state index in [2.05, 4.69) is 146 Å². The van der Waals surface area contributed by atoms with Crippen LogP contribution in [0.5, 0.6) is 5.88 Å². The van der Waals surface area contributed by atoms with E-state index in [1.165, 1.54) is 12.3 Å². The van der Waals surface area contributed by atoms with Gasteiger partial charge in [0.25, 0.3) is 5.88 Å². The number of hydrogen-bond donors (Lipinski definition) is 2. The first-order valence-electron chi connectivity index (χ1n) is 6.07. The predicted molar refractivity (Wildman–Crippen MR) is 50.1 cm³/mol. The molecule has 1 rings (SSSR count). The zero-order valence-electron chi connectivity index (χ0n) is 14.1. The van der Waals surface area contributed by atoms with Gasteiger partial charge in [0.05, 0.1) is 6.20 Å². The quantitative estimate of drug-likeness (QED) is 0.0762. The number of nitrogens with one attached hydrogen (secondary N) is 1. The van der Waals surface area contributed by atoms with E-state index >= 15 is 0 Å². The topological polar surface area (TPSA) is 298 Å². The first-order valence-corrected chi connectivity index (χ1v) is 6.07. The van der Waals surface area contributed by atoms with E-state index in [-0.39, 0.29) is 5.88 Å². The zero-order valence-corrected chi connectivity index (χ0v) is 14.1. The van der Waals surface area contributed by atoms with Crippen LogP contribution >= 0.6 is 0 Å². The molecule has 0 amide bonds. The fraction of sp³-hybridized carbons (Fsp3) is 0. The summed E-state index contributed by atoms with van der Waals surface area (Å²) in [4.78, 5) is 4.36. The van der Waals surface area contributed by atoms with E-state index in [1.54, 1.807) is 0 Å². The highest BCUT2D eigenvalue weighted by atomic mass is 18.0. The average Bonchev–Trinajstić information content (AvgIpc) is 3.35. The van der Waals surface area contributed by atoms with Crippen LogP contribution in [0.3, 0.4) is 0 Å². The molecule has 0 radical (unpaired) electrons. The number of aromatic amines is 1. The monoisotopic (exact) mass is 516 g/mol. The number of hydrogen-bond acceptors (Lipinski definition) is 29. The Hall–Kier alpha value is -2.07. The lowest BCUT2D eigenvalue weighted by Gasteiger charge is -1.99. The molecule has 30 heteroatoms. The van der Waals surface area contributed by atoms with Gasteiger partial charge in [-0.1, -0.05) is 0 Å². The number of rotatable bonds is 27. The van der Waals surface area contributed by atoms with Gasteiger partial charge in [-0.3, -0.25) is 4.89 Å². The molecule has 30 nitrogen and oxygen atoms in total. The molecule has 0 saturated heterocycles. The molecule has 33 heavy (non-hydrogen) atoms. The maximum atomic E-state index is 7.55. The molecule has 1 heterocycles. The van der Waals surface area contributed by atoms with Crippen molar-refractivity contribution in [3.63, 3.8) is 0 Å². The molecule has 2 N–H and O–H groups in total. The molecule has 1 aromatic heterocycles. The maximum absolute atomic E-state index is 7.55. The number of nitrogens with zero attached hydrogens (tertiary/aromatic N) is 1. The summed E-state index contributed by atoms with van der Waals surface area (Å²) >= 11 is 0. The minimum absolute atomic E-state index is 0.0666. The largest absolute Gasteiger partial charge is 0.286 e. The van der Waals surface area contributed by atoms with Crippen molar-refractivity contribution in [2.75, 3.05) is 0 Å². The Morgan fingerprint density at radius 2 is 0.758 bits per heavy atom. The van der Waals surface area contributed by atoms with E-state index in [0.29, 0.717) is 0 Å². The van der Waals surface area contributed by atoms with E-state index in [4.69, 9.17) is 5.26 Å². The molecular weight excluding hydrogens is 512 g/mol. The van der Waals surface area contributed by atoms with Gasteiger partial charge in [0.2, 0.25) is 0 Å². The van der Waals surface area contributed by atoms with Crippen LogP contribution in [0, 0.1) is 0 Å². The predicted octanol–water partition coefficient (Wildman–Crippen LogP) is -1.52. The van der Waals surface area contributed by atoms with Gasteiger partial charge >= 0.3 is 0 Å². The summed E-state index contributed by atoms with van der Waals surface area (Å²) in [6.45, 7) is 0. The molecule has 0 aliphatic rings. The van der Waals surface area contributed by atoms with E-state index in [1.807, 2.05) is 0 Å². The molecule has 0 atom stereocenters. The van der Waals surface area contributed by atoms with Gasteiger partial charge in [-0.2, -0.15) is 5.10 Å². The van der Waals surface area contributed by atoms with Gasteiger partial charge in [-0.15, -0.1) is 0 Å². The van der Waals surface area contributed by atoms with E-state index < -0.39 is 0 Å². The van der Waals surface area contributed by atoms with Gasteiger partial charge in [-0.25, -0.2) is 10.4 Å². The minimum Gasteiger partial charge on any atom is -0.286 e. The third-order valence-corrected chi connectivity index (χ3v) is 1.30. The van der Waals surface area contributed by atoms with Crippen molar-refractivity contribution in [2.45, 2.75) is 0 Å². The Labute approximate surface area is 171 Å². The van der Waals surface area contributed by atoms with Crippen LogP contribution in [-0.2, 0) is 131 Å². The molecule has 0 fully saturated rings. The molecule has 0 aliphatic heterocycles. The van der Waals surface area contributed by atoms with Crippen molar-refractivity contribution in [3.05, 3.63) is 12.3 Å². The van der Waals surface area contributed by atoms with Crippen molar-refractivity contribution < 1.29 is 141 Å². The van der Waals surface area contributed by atoms with Gasteiger partial charge in [-0.05, 0) is 40.3 Å². The number of aromatic nitrogens is 2. The average molecular weight is 516 g/mol. The summed E-state index contributed by atoms with van der Waals surface area (Å²) in [7, 11) is 0. The Bertz CT molecular complexity index is 468. The summed E-state index contributed by atoms with van der Waals surface area (Å²) in [5.74, 6) is 0.0666. The molecule has 0 aromatic carbocycles. The molecule has 0 unspecified atom stereocenters. The van der Waals surface area contributed by atoms with Crippen LogP contribution < -0.4 is 4.89 Å². The highest BCUT2D eigenvalue weighted by molar-refractivity contribution is 5.02. The normalized spacial score (nSPS) is 11.3. The Kier molecular flexibility index (Phi) is 21.6. The molecule has 0 aliphatic carbocycles. The fourth-order valence-corrected chi connectivity index (χ4v) is 0.613. The lowest BCUT2D eigenvalue weighted by Crippen LogP contribution is -2.06. The standard InChI is InChI=1S/C3H4N2O28/c6-8-10-12-14-16-18-20-22-24-26-28-30-32-33-31-29-27-25-23-21-19-17-15-13-11-9-7-3-1-2-4-5-3/h1-2,6H,(H,4,5). The lowest BCUT2D eigenvalue weighted by atomic mass is 10.7. The first kappa shape index (κ1) is 29.0. The van der Waals surface area contributed by atoms with Gasteiger partial charge < -0.3 is 0 Å². The van der Waals surface area contributed by atoms with Crippen LogP contribution in [0.1, 0.15) is 0 Å². The summed E-state index contributed by atoms with van der Waals surface area (Å²) in [6.07, 6.45) is 1.35. The van der Waals surface area contributed by atoms with Gasteiger partial charge in [0.1, 0.15) is 0 Å². The molecule has 1 aromatic rings. The number of H-pyrrole nitrogens is 1. The molecule has 194 valence electrons. The summed E-state index contributed by atoms with van der Waals surface area (Å²) in [6, 6.07) is 1.37. The highest BCUT2D eigenvalue weighted by Gasteiger charge is 2.02. The summed E-state index contributed by atoms with van der Waals surface area (Å²) in [5.41, 5.74) is 0. The molecule has 0 bridgehead atoms. The van der Waals surface area contributed by atoms with E-state index in [9.17, 15) is 0 Å². The Balaban J connectivity index is 1.62. The molecule has 0 saturated carbocycles. The van der Waals surface area contributed by atoms with Gasteiger partial charge in [0.15, 0.2) is 0 Å². The van der Waals surface area contributed by atoms with Crippen LogP contribution in [-0.4, -0.2) is 15.5 Å². The minimum atomic E-state index is 0.0666. The van der Waals surface area contributed by atoms with Crippen LogP contribution in [0.2, 0.25) is 0 Å². The second-order valence-electron chi connectivity index (χ2n) is 2.78. The third kappa shape index (κ3) is 21.5. The third-order valence-electron chi connectivity index (χ3n) is 1.30. The second-order valence-corrected chi connectivity index (χ2v) is 2.78. The van der Waals surface area contributed by atoms with Crippen molar-refractivity contribution in [3.8, 4) is 5.88 Å². The van der Waals surface area contributed by atoms with E-state index in [0.717, 1.165) is 0 Å². The van der Waals surface area contributed by atoms with Crippen molar-refractivity contribution in [1.82, 2.24) is 10.2 Å². The second kappa shape index (κ2) is 24.6. The van der Waals surface area contributed by atoms with Crippen LogP contribution in [0.15, 0.2) is 12.3 Å². The van der Waals surface area contributed by atoms with Crippen molar-refractivity contribution >= 4 is 0 Å². The molecular formula is C3H4N2O28. The smallest absolute Gasteiger partial charge is 0.255 e. The maximum Gasteiger partial charge on any atom is 0.255 e. The summed E-state index contributed by atoms with van der Waals surface area (Å²) < 4.78 is 0. The molecule has 0 spiro atoms. The van der Waals surface area contributed by atoms with Crippen LogP contribution in [0.4, 0.5) is 0 Å². The van der Waals surface area contributed by atoms with Gasteiger partial charge in [0, 0.05) is 96.8 Å². The van der Waals surface area contributed by atoms with Crippen LogP contribution in [0.25, 0.3) is 0 Å². The first-order chi connectivity index (χ1) is 16.4.